The van der Waals surface area contributed by atoms with Gasteiger partial charge in [-0.25, -0.2) is 0 Å². The first-order valence-electron chi connectivity index (χ1n) is 8.34. The fourth-order valence-electron chi connectivity index (χ4n) is 2.56. The first kappa shape index (κ1) is 15.3. The minimum Gasteiger partial charge on any atom is -0.381 e. The van der Waals surface area contributed by atoms with Gasteiger partial charge in [0.15, 0.2) is 5.96 Å². The van der Waals surface area contributed by atoms with Crippen molar-refractivity contribution in [3.8, 4) is 0 Å². The van der Waals surface area contributed by atoms with E-state index in [1.54, 1.807) is 6.33 Å². The van der Waals surface area contributed by atoms with Gasteiger partial charge in [-0.1, -0.05) is 6.92 Å². The molecule has 0 amide bonds. The number of nitrogens with one attached hydrogen (secondary N) is 2. The van der Waals surface area contributed by atoms with Crippen molar-refractivity contribution in [3.05, 3.63) is 12.2 Å². The largest absolute Gasteiger partial charge is 0.381 e. The van der Waals surface area contributed by atoms with Crippen LogP contribution in [0.2, 0.25) is 0 Å². The molecule has 7 nitrogen and oxygen atoms in total. The molecule has 0 spiro atoms. The van der Waals surface area contributed by atoms with E-state index in [1.165, 1.54) is 12.8 Å². The molecule has 2 heterocycles. The molecule has 7 heteroatoms. The van der Waals surface area contributed by atoms with Crippen LogP contribution in [0.15, 0.2) is 11.3 Å². The van der Waals surface area contributed by atoms with E-state index in [9.17, 15) is 0 Å². The Morgan fingerprint density at radius 3 is 3.09 bits per heavy atom. The van der Waals surface area contributed by atoms with Crippen LogP contribution in [0.5, 0.6) is 0 Å². The van der Waals surface area contributed by atoms with Crippen LogP contribution in [0.1, 0.15) is 32.0 Å². The molecule has 0 aromatic carbocycles. The van der Waals surface area contributed by atoms with Crippen LogP contribution in [0.4, 0.5) is 0 Å². The van der Waals surface area contributed by atoms with Gasteiger partial charge in [0.05, 0.1) is 6.61 Å². The molecule has 2 fully saturated rings. The van der Waals surface area contributed by atoms with Crippen molar-refractivity contribution < 1.29 is 4.74 Å². The summed E-state index contributed by atoms with van der Waals surface area (Å²) in [6, 6.07) is 0.604. The van der Waals surface area contributed by atoms with Gasteiger partial charge < -0.3 is 19.9 Å². The van der Waals surface area contributed by atoms with E-state index in [2.05, 4.69) is 32.3 Å². The monoisotopic (exact) mass is 306 g/mol. The van der Waals surface area contributed by atoms with Crippen LogP contribution in [-0.2, 0) is 17.7 Å². The summed E-state index contributed by atoms with van der Waals surface area (Å²) in [6.07, 6.45) is 6.32. The summed E-state index contributed by atoms with van der Waals surface area (Å²) in [5.74, 6) is 2.53. The molecule has 122 valence electrons. The molecule has 2 N–H and O–H groups in total. The fourth-order valence-corrected chi connectivity index (χ4v) is 2.56. The number of nitrogens with zero attached hydrogens (tertiary/aromatic N) is 4. The molecule has 1 aromatic heterocycles. The first-order valence-corrected chi connectivity index (χ1v) is 8.34. The lowest BCUT2D eigenvalue weighted by Crippen LogP contribution is -2.40. The Morgan fingerprint density at radius 1 is 1.45 bits per heavy atom. The SMILES string of the molecule is CCc1nncn1CCNC(=NCC1CCOC1)NC1CC1. The van der Waals surface area contributed by atoms with Crippen molar-refractivity contribution in [3.63, 3.8) is 0 Å². The van der Waals surface area contributed by atoms with Crippen molar-refractivity contribution in [2.75, 3.05) is 26.3 Å². The average molecular weight is 306 g/mol. The van der Waals surface area contributed by atoms with E-state index < -0.39 is 0 Å². The zero-order valence-corrected chi connectivity index (χ0v) is 13.3. The van der Waals surface area contributed by atoms with Crippen LogP contribution in [0.3, 0.4) is 0 Å². The Labute approximate surface area is 131 Å². The van der Waals surface area contributed by atoms with Gasteiger partial charge in [-0.2, -0.15) is 0 Å². The lowest BCUT2D eigenvalue weighted by molar-refractivity contribution is 0.187. The minimum absolute atomic E-state index is 0.572. The summed E-state index contributed by atoms with van der Waals surface area (Å²) in [6.45, 7) is 6.35. The Bertz CT molecular complexity index is 490. The number of aryl methyl sites for hydroxylation is 1. The molecule has 1 unspecified atom stereocenters. The molecule has 2 aliphatic rings. The number of hydrogen-bond acceptors (Lipinski definition) is 4. The predicted molar refractivity (Wildman–Crippen MR) is 84.8 cm³/mol. The molecular formula is C15H26N6O. The van der Waals surface area contributed by atoms with Gasteiger partial charge in [0.25, 0.3) is 0 Å². The smallest absolute Gasteiger partial charge is 0.191 e. The maximum Gasteiger partial charge on any atom is 0.191 e. The molecule has 1 saturated carbocycles. The highest BCUT2D eigenvalue weighted by Gasteiger charge is 2.22. The van der Waals surface area contributed by atoms with E-state index in [0.717, 1.165) is 57.5 Å². The highest BCUT2D eigenvalue weighted by molar-refractivity contribution is 5.80. The molecule has 1 atom stereocenters. The summed E-state index contributed by atoms with van der Waals surface area (Å²) in [5.41, 5.74) is 0. The zero-order chi connectivity index (χ0) is 15.2. The fraction of sp³-hybridized carbons (Fsp3) is 0.800. The highest BCUT2D eigenvalue weighted by Crippen LogP contribution is 2.18. The molecule has 0 bridgehead atoms. The second kappa shape index (κ2) is 7.58. The van der Waals surface area contributed by atoms with Crippen LogP contribution in [0, 0.1) is 5.92 Å². The number of rotatable bonds is 7. The lowest BCUT2D eigenvalue weighted by Gasteiger charge is -2.14. The third kappa shape index (κ3) is 4.43. The normalized spacial score (nSPS) is 22.0. The van der Waals surface area contributed by atoms with E-state index in [4.69, 9.17) is 9.73 Å². The maximum atomic E-state index is 5.41. The summed E-state index contributed by atoms with van der Waals surface area (Å²) < 4.78 is 7.50. The van der Waals surface area contributed by atoms with Gasteiger partial charge >= 0.3 is 0 Å². The molecule has 1 aliphatic heterocycles. The van der Waals surface area contributed by atoms with E-state index in [1.807, 2.05) is 0 Å². The predicted octanol–water partition coefficient (Wildman–Crippen LogP) is 0.575. The molecule has 1 saturated heterocycles. The Balaban J connectivity index is 1.47. The molecule has 3 rings (SSSR count). The van der Waals surface area contributed by atoms with Crippen molar-refractivity contribution in [2.24, 2.45) is 10.9 Å². The van der Waals surface area contributed by atoms with Crippen molar-refractivity contribution in [2.45, 2.75) is 45.2 Å². The first-order chi connectivity index (χ1) is 10.8. The van der Waals surface area contributed by atoms with Crippen LogP contribution < -0.4 is 10.6 Å². The molecule has 1 aromatic rings. The van der Waals surface area contributed by atoms with Crippen molar-refractivity contribution >= 4 is 5.96 Å². The minimum atomic E-state index is 0.572. The third-order valence-corrected chi connectivity index (χ3v) is 4.11. The zero-order valence-electron chi connectivity index (χ0n) is 13.3. The second-order valence-corrected chi connectivity index (χ2v) is 6.06. The average Bonchev–Trinajstić information content (AvgIpc) is 3.03. The van der Waals surface area contributed by atoms with E-state index in [-0.39, 0.29) is 0 Å². The third-order valence-electron chi connectivity index (χ3n) is 4.11. The quantitative estimate of drug-likeness (QED) is 0.569. The van der Waals surface area contributed by atoms with E-state index in [0.29, 0.717) is 12.0 Å². The summed E-state index contributed by atoms with van der Waals surface area (Å²) >= 11 is 0. The van der Waals surface area contributed by atoms with E-state index >= 15 is 0 Å². The second-order valence-electron chi connectivity index (χ2n) is 6.06. The standard InChI is InChI=1S/C15H26N6O/c1-2-14-20-18-11-21(14)7-6-16-15(19-13-3-4-13)17-9-12-5-8-22-10-12/h11-13H,2-10H2,1H3,(H2,16,17,19). The van der Waals surface area contributed by atoms with Crippen molar-refractivity contribution in [1.29, 1.82) is 0 Å². The number of ether oxygens (including phenoxy) is 1. The number of aliphatic imine (C=N–C) groups is 1. The Hall–Kier alpha value is -1.63. The van der Waals surface area contributed by atoms with Crippen LogP contribution >= 0.6 is 0 Å². The van der Waals surface area contributed by atoms with Crippen LogP contribution in [-0.4, -0.2) is 53.1 Å². The van der Waals surface area contributed by atoms with Gasteiger partial charge in [0.1, 0.15) is 12.2 Å². The van der Waals surface area contributed by atoms with Crippen LogP contribution in [0.25, 0.3) is 0 Å². The number of guanidine groups is 1. The number of hydrogen-bond donors (Lipinski definition) is 2. The number of aromatic nitrogens is 3. The van der Waals surface area contributed by atoms with Gasteiger partial charge in [0, 0.05) is 44.6 Å². The topological polar surface area (TPSA) is 76.4 Å². The Kier molecular flexibility index (Phi) is 5.26. The maximum absolute atomic E-state index is 5.41. The molecule has 0 radical (unpaired) electrons. The summed E-state index contributed by atoms with van der Waals surface area (Å²) in [5, 5.41) is 15.0. The molecule has 1 aliphatic carbocycles. The van der Waals surface area contributed by atoms with Gasteiger partial charge in [-0.05, 0) is 19.3 Å². The van der Waals surface area contributed by atoms with Gasteiger partial charge in [-0.15, -0.1) is 10.2 Å². The van der Waals surface area contributed by atoms with Gasteiger partial charge in [-0.3, -0.25) is 4.99 Å². The lowest BCUT2D eigenvalue weighted by atomic mass is 10.1. The summed E-state index contributed by atoms with van der Waals surface area (Å²) in [4.78, 5) is 4.72. The molecule has 22 heavy (non-hydrogen) atoms. The molecular weight excluding hydrogens is 280 g/mol. The highest BCUT2D eigenvalue weighted by atomic mass is 16.5. The Morgan fingerprint density at radius 2 is 2.36 bits per heavy atom. The van der Waals surface area contributed by atoms with Crippen molar-refractivity contribution in [1.82, 2.24) is 25.4 Å². The van der Waals surface area contributed by atoms with Gasteiger partial charge in [0.2, 0.25) is 0 Å². The summed E-state index contributed by atoms with van der Waals surface area (Å²) in [7, 11) is 0.